The molecule has 0 aliphatic carbocycles. The molecule has 0 spiro atoms. The predicted octanol–water partition coefficient (Wildman–Crippen LogP) is 1.76. The Kier molecular flexibility index (Phi) is 5.75. The smallest absolute Gasteiger partial charge is 0.214 e. The first-order chi connectivity index (χ1) is 10.0. The van der Waals surface area contributed by atoms with Gasteiger partial charge in [-0.25, -0.2) is 17.7 Å². The second-order valence-corrected chi connectivity index (χ2v) is 8.17. The summed E-state index contributed by atoms with van der Waals surface area (Å²) in [5, 5.41) is 4.11. The third-order valence-electron chi connectivity index (χ3n) is 4.06. The van der Waals surface area contributed by atoms with Gasteiger partial charge in [0.15, 0.2) is 0 Å². The van der Waals surface area contributed by atoms with Gasteiger partial charge in [-0.05, 0) is 31.1 Å². The van der Waals surface area contributed by atoms with Crippen LogP contribution in [0, 0.1) is 11.8 Å². The third kappa shape index (κ3) is 4.78. The molecule has 2 rings (SSSR count). The van der Waals surface area contributed by atoms with E-state index in [1.54, 1.807) is 15.3 Å². The second kappa shape index (κ2) is 7.35. The van der Waals surface area contributed by atoms with Crippen molar-refractivity contribution in [3.05, 3.63) is 12.7 Å². The van der Waals surface area contributed by atoms with E-state index in [4.69, 9.17) is 0 Å². The molecule has 1 aromatic rings. The lowest BCUT2D eigenvalue weighted by atomic mass is 10.00. The number of hydrogen-bond acceptors (Lipinski definition) is 4. The SMILES string of the molecule is CCC[C@@H](C)CS(=O)(=O)N1CCC[C@H](Cn2cncn2)C1. The number of rotatable bonds is 7. The van der Waals surface area contributed by atoms with E-state index in [1.165, 1.54) is 6.33 Å². The molecule has 0 bridgehead atoms. The first-order valence-electron chi connectivity index (χ1n) is 7.81. The van der Waals surface area contributed by atoms with Crippen LogP contribution in [0.5, 0.6) is 0 Å². The molecule has 120 valence electrons. The largest absolute Gasteiger partial charge is 0.253 e. The fraction of sp³-hybridized carbons (Fsp3) is 0.857. The van der Waals surface area contributed by atoms with Crippen molar-refractivity contribution in [3.8, 4) is 0 Å². The van der Waals surface area contributed by atoms with E-state index in [9.17, 15) is 8.42 Å². The molecule has 0 unspecified atom stereocenters. The van der Waals surface area contributed by atoms with Gasteiger partial charge in [-0.2, -0.15) is 5.10 Å². The Morgan fingerprint density at radius 2 is 2.24 bits per heavy atom. The van der Waals surface area contributed by atoms with Gasteiger partial charge >= 0.3 is 0 Å². The molecule has 6 nitrogen and oxygen atoms in total. The molecule has 0 radical (unpaired) electrons. The quantitative estimate of drug-likeness (QED) is 0.769. The Morgan fingerprint density at radius 3 is 2.90 bits per heavy atom. The lowest BCUT2D eigenvalue weighted by molar-refractivity contribution is 0.238. The monoisotopic (exact) mass is 314 g/mol. The Bertz CT molecular complexity index is 515. The molecule has 0 saturated carbocycles. The van der Waals surface area contributed by atoms with E-state index in [0.717, 1.165) is 32.2 Å². The van der Waals surface area contributed by atoms with Crippen LogP contribution in [0.2, 0.25) is 0 Å². The highest BCUT2D eigenvalue weighted by molar-refractivity contribution is 7.89. The van der Waals surface area contributed by atoms with Crippen LogP contribution in [0.25, 0.3) is 0 Å². The molecule has 1 aromatic heterocycles. The van der Waals surface area contributed by atoms with Crippen molar-refractivity contribution in [3.63, 3.8) is 0 Å². The van der Waals surface area contributed by atoms with Gasteiger partial charge in [0.2, 0.25) is 10.0 Å². The molecule has 2 atom stereocenters. The molecular formula is C14H26N4O2S. The Hall–Kier alpha value is -0.950. The van der Waals surface area contributed by atoms with E-state index in [0.29, 0.717) is 19.0 Å². The second-order valence-electron chi connectivity index (χ2n) is 6.16. The number of nitrogens with zero attached hydrogens (tertiary/aromatic N) is 4. The fourth-order valence-electron chi connectivity index (χ4n) is 3.06. The summed E-state index contributed by atoms with van der Waals surface area (Å²) in [4.78, 5) is 3.94. The molecule has 1 fully saturated rings. The van der Waals surface area contributed by atoms with Gasteiger partial charge in [0.05, 0.1) is 5.75 Å². The molecule has 2 heterocycles. The first-order valence-corrected chi connectivity index (χ1v) is 9.42. The Morgan fingerprint density at radius 1 is 1.43 bits per heavy atom. The van der Waals surface area contributed by atoms with Crippen LogP contribution in [-0.2, 0) is 16.6 Å². The van der Waals surface area contributed by atoms with E-state index in [2.05, 4.69) is 17.0 Å². The van der Waals surface area contributed by atoms with Crippen LogP contribution in [-0.4, -0.2) is 46.3 Å². The summed E-state index contributed by atoms with van der Waals surface area (Å²) < 4.78 is 28.5. The van der Waals surface area contributed by atoms with Crippen molar-refractivity contribution in [1.29, 1.82) is 0 Å². The Labute approximate surface area is 127 Å². The minimum atomic E-state index is -3.13. The molecule has 7 heteroatoms. The maximum Gasteiger partial charge on any atom is 0.214 e. The number of piperidine rings is 1. The third-order valence-corrected chi connectivity index (χ3v) is 6.17. The molecule has 1 aliphatic heterocycles. The van der Waals surface area contributed by atoms with Gasteiger partial charge in [0.25, 0.3) is 0 Å². The minimum absolute atomic E-state index is 0.232. The summed E-state index contributed by atoms with van der Waals surface area (Å²) in [6.07, 6.45) is 7.19. The van der Waals surface area contributed by atoms with Crippen LogP contribution < -0.4 is 0 Å². The number of aromatic nitrogens is 3. The highest BCUT2D eigenvalue weighted by atomic mass is 32.2. The summed E-state index contributed by atoms with van der Waals surface area (Å²) in [6.45, 7) is 6.14. The van der Waals surface area contributed by atoms with Crippen LogP contribution in [0.3, 0.4) is 0 Å². The van der Waals surface area contributed by atoms with Gasteiger partial charge in [0, 0.05) is 19.6 Å². The fourth-order valence-corrected chi connectivity index (χ4v) is 5.00. The van der Waals surface area contributed by atoms with Crippen molar-refractivity contribution < 1.29 is 8.42 Å². The van der Waals surface area contributed by atoms with Gasteiger partial charge in [0.1, 0.15) is 12.7 Å². The zero-order valence-electron chi connectivity index (χ0n) is 13.0. The van der Waals surface area contributed by atoms with Crippen LogP contribution in [0.1, 0.15) is 39.5 Å². The summed E-state index contributed by atoms with van der Waals surface area (Å²) in [7, 11) is -3.13. The molecular weight excluding hydrogens is 288 g/mol. The highest BCUT2D eigenvalue weighted by Gasteiger charge is 2.30. The Balaban J connectivity index is 1.93. The standard InChI is InChI=1S/C14H26N4O2S/c1-3-5-13(2)10-21(19,20)18-7-4-6-14(9-18)8-17-12-15-11-16-17/h11-14H,3-10H2,1-2H3/t13-,14-/m1/s1. The van der Waals surface area contributed by atoms with Gasteiger partial charge in [-0.1, -0.05) is 20.3 Å². The van der Waals surface area contributed by atoms with Crippen molar-refractivity contribution >= 4 is 10.0 Å². The summed E-state index contributed by atoms with van der Waals surface area (Å²) >= 11 is 0. The normalized spacial score (nSPS) is 22.3. The zero-order chi connectivity index (χ0) is 15.3. The van der Waals surface area contributed by atoms with Crippen molar-refractivity contribution in [1.82, 2.24) is 19.1 Å². The van der Waals surface area contributed by atoms with Crippen molar-refractivity contribution in [2.75, 3.05) is 18.8 Å². The molecule has 21 heavy (non-hydrogen) atoms. The molecule has 1 saturated heterocycles. The van der Waals surface area contributed by atoms with E-state index < -0.39 is 10.0 Å². The maximum atomic E-state index is 12.5. The lowest BCUT2D eigenvalue weighted by Crippen LogP contribution is -2.43. The molecule has 1 aliphatic rings. The van der Waals surface area contributed by atoms with E-state index in [1.807, 2.05) is 6.92 Å². The number of sulfonamides is 1. The molecule has 0 aromatic carbocycles. The minimum Gasteiger partial charge on any atom is -0.253 e. The molecule has 0 N–H and O–H groups in total. The number of hydrogen-bond donors (Lipinski definition) is 0. The first kappa shape index (κ1) is 16.4. The van der Waals surface area contributed by atoms with Gasteiger partial charge in [-0.3, -0.25) is 4.68 Å². The van der Waals surface area contributed by atoms with Crippen molar-refractivity contribution in [2.24, 2.45) is 11.8 Å². The average Bonchev–Trinajstić information content (AvgIpc) is 2.91. The van der Waals surface area contributed by atoms with Crippen LogP contribution in [0.4, 0.5) is 0 Å². The van der Waals surface area contributed by atoms with Crippen LogP contribution in [0.15, 0.2) is 12.7 Å². The summed E-state index contributed by atoms with van der Waals surface area (Å²) in [5.74, 6) is 0.837. The summed E-state index contributed by atoms with van der Waals surface area (Å²) in [6, 6.07) is 0. The average molecular weight is 314 g/mol. The van der Waals surface area contributed by atoms with E-state index >= 15 is 0 Å². The summed E-state index contributed by atoms with van der Waals surface area (Å²) in [5.41, 5.74) is 0. The topological polar surface area (TPSA) is 68.1 Å². The van der Waals surface area contributed by atoms with E-state index in [-0.39, 0.29) is 11.7 Å². The zero-order valence-corrected chi connectivity index (χ0v) is 13.8. The van der Waals surface area contributed by atoms with Crippen LogP contribution >= 0.6 is 0 Å². The maximum absolute atomic E-state index is 12.5. The molecule has 0 amide bonds. The van der Waals surface area contributed by atoms with Gasteiger partial charge in [-0.15, -0.1) is 0 Å². The lowest BCUT2D eigenvalue weighted by Gasteiger charge is -2.32. The van der Waals surface area contributed by atoms with Gasteiger partial charge < -0.3 is 0 Å². The highest BCUT2D eigenvalue weighted by Crippen LogP contribution is 2.22. The van der Waals surface area contributed by atoms with Crippen molar-refractivity contribution in [2.45, 2.75) is 46.1 Å². The predicted molar refractivity (Wildman–Crippen MR) is 82.2 cm³/mol.